The number of fused-ring (bicyclic) bond motifs is 4. The van der Waals surface area contributed by atoms with E-state index < -0.39 is 0 Å². The summed E-state index contributed by atoms with van der Waals surface area (Å²) in [6.07, 6.45) is 14.3. The number of anilines is 1. The third-order valence-corrected chi connectivity index (χ3v) is 5.82. The Hall–Kier alpha value is -2.41. The first kappa shape index (κ1) is 19.9. The van der Waals surface area contributed by atoms with Gasteiger partial charge >= 0.3 is 0 Å². The van der Waals surface area contributed by atoms with Gasteiger partial charge in [-0.3, -0.25) is 5.10 Å². The molecule has 0 amide bonds. The van der Waals surface area contributed by atoms with Crippen LogP contribution in [0.1, 0.15) is 37.7 Å². The van der Waals surface area contributed by atoms with Crippen LogP contribution in [0.5, 0.6) is 0 Å². The van der Waals surface area contributed by atoms with E-state index in [1.165, 1.54) is 40.6 Å². The molecule has 6 nitrogen and oxygen atoms in total. The molecule has 0 radical (unpaired) electrons. The first-order valence-electron chi connectivity index (χ1n) is 10.5. The molecule has 2 unspecified atom stereocenters. The lowest BCUT2D eigenvalue weighted by Crippen LogP contribution is -2.29. The molecular weight excluding hydrogens is 362 g/mol. The molecule has 1 aromatic heterocycles. The van der Waals surface area contributed by atoms with E-state index in [1.807, 2.05) is 26.4 Å². The van der Waals surface area contributed by atoms with E-state index in [-0.39, 0.29) is 6.04 Å². The fourth-order valence-corrected chi connectivity index (χ4v) is 4.36. The van der Waals surface area contributed by atoms with Gasteiger partial charge in [0.05, 0.1) is 17.8 Å². The number of rotatable bonds is 8. The third-order valence-electron chi connectivity index (χ3n) is 5.82. The number of benzene rings is 1. The molecular formula is C23H31N5O. The largest absolute Gasteiger partial charge is 0.375 e. The van der Waals surface area contributed by atoms with E-state index in [0.717, 1.165) is 31.3 Å². The summed E-state index contributed by atoms with van der Waals surface area (Å²) in [5.74, 6) is 0.326. The van der Waals surface area contributed by atoms with Crippen LogP contribution in [0.4, 0.5) is 5.69 Å². The fraction of sp³-hybridized carbons (Fsp3) is 0.435. The third kappa shape index (κ3) is 4.29. The molecule has 2 atom stereocenters. The van der Waals surface area contributed by atoms with Crippen molar-refractivity contribution in [2.45, 2.75) is 38.1 Å². The van der Waals surface area contributed by atoms with E-state index in [2.05, 4.69) is 51.9 Å². The van der Waals surface area contributed by atoms with E-state index in [4.69, 9.17) is 4.94 Å². The van der Waals surface area contributed by atoms with Gasteiger partial charge in [-0.15, -0.1) is 6.58 Å². The standard InChI is InChI=1S/C23H31N5O/c1-4-16(14-25-29-28(2)3)8-7-11-20-17-9-5-6-10-18(17)23-19-15-24-27-21(19)12-13-22(23)26-20/h4,7,11-13,15-16,20,25-26H,1,5-6,8-10,14H2,2-3H3,(H,24,27)/b11-7+. The zero-order valence-corrected chi connectivity index (χ0v) is 17.4. The molecule has 0 fully saturated rings. The van der Waals surface area contributed by atoms with Crippen molar-refractivity contribution < 1.29 is 4.94 Å². The summed E-state index contributed by atoms with van der Waals surface area (Å²) >= 11 is 0. The second kappa shape index (κ2) is 8.95. The number of hydrogen-bond acceptors (Lipinski definition) is 5. The zero-order valence-electron chi connectivity index (χ0n) is 17.4. The van der Waals surface area contributed by atoms with Crippen LogP contribution in [-0.2, 0) is 4.94 Å². The Morgan fingerprint density at radius 3 is 3.03 bits per heavy atom. The average Bonchev–Trinajstić information content (AvgIpc) is 3.21. The van der Waals surface area contributed by atoms with Gasteiger partial charge in [-0.1, -0.05) is 18.2 Å². The van der Waals surface area contributed by atoms with Gasteiger partial charge in [0.1, 0.15) is 0 Å². The van der Waals surface area contributed by atoms with Gasteiger partial charge in [0.15, 0.2) is 0 Å². The van der Waals surface area contributed by atoms with Gasteiger partial charge in [0.2, 0.25) is 0 Å². The molecule has 0 bridgehead atoms. The maximum Gasteiger partial charge on any atom is 0.0664 e. The minimum absolute atomic E-state index is 0.263. The Kier molecular flexibility index (Phi) is 6.13. The number of hydrogen-bond donors (Lipinski definition) is 3. The highest BCUT2D eigenvalue weighted by atomic mass is 16.8. The SMILES string of the molecule is C=CC(C/C=C/C1Nc2ccc3[nH]ncc3c2C2=C1CCCC2)CNON(C)C. The Labute approximate surface area is 172 Å². The van der Waals surface area contributed by atoms with Gasteiger partial charge in [-0.25, -0.2) is 4.94 Å². The van der Waals surface area contributed by atoms with Crippen molar-refractivity contribution >= 4 is 22.2 Å². The molecule has 0 saturated heterocycles. The molecule has 2 heterocycles. The fourth-order valence-electron chi connectivity index (χ4n) is 4.36. The lowest BCUT2D eigenvalue weighted by molar-refractivity contribution is -0.179. The topological polar surface area (TPSA) is 65.2 Å². The van der Waals surface area contributed by atoms with Crippen LogP contribution in [0.25, 0.3) is 16.5 Å². The first-order valence-corrected chi connectivity index (χ1v) is 10.5. The van der Waals surface area contributed by atoms with Gasteiger partial charge in [0.25, 0.3) is 0 Å². The van der Waals surface area contributed by atoms with Crippen LogP contribution >= 0.6 is 0 Å². The number of allylic oxidation sites excluding steroid dienone is 2. The number of nitrogens with one attached hydrogen (secondary N) is 3. The van der Waals surface area contributed by atoms with E-state index in [9.17, 15) is 0 Å². The maximum atomic E-state index is 5.29. The lowest BCUT2D eigenvalue weighted by atomic mass is 9.79. The molecule has 1 aliphatic carbocycles. The molecule has 1 aliphatic heterocycles. The smallest absolute Gasteiger partial charge is 0.0664 e. The summed E-state index contributed by atoms with van der Waals surface area (Å²) in [6, 6.07) is 4.57. The van der Waals surface area contributed by atoms with Gasteiger partial charge < -0.3 is 5.32 Å². The van der Waals surface area contributed by atoms with Crippen LogP contribution in [0, 0.1) is 5.92 Å². The van der Waals surface area contributed by atoms with Crippen molar-refractivity contribution in [2.24, 2.45) is 5.92 Å². The number of nitrogens with zero attached hydrogens (tertiary/aromatic N) is 2. The van der Waals surface area contributed by atoms with Crippen LogP contribution < -0.4 is 10.8 Å². The first-order chi connectivity index (χ1) is 14.2. The molecule has 0 spiro atoms. The molecule has 4 rings (SSSR count). The molecule has 1 aromatic carbocycles. The molecule has 29 heavy (non-hydrogen) atoms. The van der Waals surface area contributed by atoms with E-state index in [0.29, 0.717) is 5.92 Å². The summed E-state index contributed by atoms with van der Waals surface area (Å²) in [5.41, 5.74) is 9.72. The van der Waals surface area contributed by atoms with Crippen molar-refractivity contribution in [2.75, 3.05) is 26.0 Å². The highest BCUT2D eigenvalue weighted by molar-refractivity contribution is 6.00. The average molecular weight is 394 g/mol. The van der Waals surface area contributed by atoms with Crippen molar-refractivity contribution in [1.82, 2.24) is 20.7 Å². The predicted octanol–water partition coefficient (Wildman–Crippen LogP) is 4.43. The highest BCUT2D eigenvalue weighted by Crippen LogP contribution is 2.44. The quantitative estimate of drug-likeness (QED) is 0.457. The number of aromatic nitrogens is 2. The zero-order chi connectivity index (χ0) is 20.2. The lowest BCUT2D eigenvalue weighted by Gasteiger charge is -2.34. The second-order valence-electron chi connectivity index (χ2n) is 8.06. The maximum absolute atomic E-state index is 5.29. The molecule has 2 aliphatic rings. The number of hydroxylamine groups is 3. The Morgan fingerprint density at radius 1 is 1.34 bits per heavy atom. The molecule has 3 N–H and O–H groups in total. The summed E-state index contributed by atoms with van der Waals surface area (Å²) < 4.78 is 0. The Balaban J connectivity index is 1.52. The van der Waals surface area contributed by atoms with Crippen molar-refractivity contribution in [1.29, 1.82) is 0 Å². The van der Waals surface area contributed by atoms with Gasteiger partial charge in [-0.2, -0.15) is 15.6 Å². The van der Waals surface area contributed by atoms with Crippen LogP contribution in [0.15, 0.2) is 48.7 Å². The normalized spacial score (nSPS) is 20.0. The Bertz CT molecular complexity index is 926. The van der Waals surface area contributed by atoms with Gasteiger partial charge in [0, 0.05) is 37.3 Å². The second-order valence-corrected chi connectivity index (χ2v) is 8.06. The molecule has 154 valence electrons. The summed E-state index contributed by atoms with van der Waals surface area (Å²) in [5, 5.41) is 14.0. The number of H-pyrrole nitrogens is 1. The van der Waals surface area contributed by atoms with Crippen molar-refractivity contribution in [3.8, 4) is 0 Å². The molecule has 2 aromatic rings. The Morgan fingerprint density at radius 2 is 2.21 bits per heavy atom. The minimum atomic E-state index is 0.263. The summed E-state index contributed by atoms with van der Waals surface area (Å²) in [4.78, 5) is 5.29. The number of aromatic amines is 1. The predicted molar refractivity (Wildman–Crippen MR) is 119 cm³/mol. The van der Waals surface area contributed by atoms with E-state index >= 15 is 0 Å². The monoisotopic (exact) mass is 393 g/mol. The van der Waals surface area contributed by atoms with Crippen LogP contribution in [-0.4, -0.2) is 41.9 Å². The van der Waals surface area contributed by atoms with Crippen LogP contribution in [0.2, 0.25) is 0 Å². The van der Waals surface area contributed by atoms with Gasteiger partial charge in [-0.05, 0) is 61.3 Å². The summed E-state index contributed by atoms with van der Waals surface area (Å²) in [6.45, 7) is 4.70. The van der Waals surface area contributed by atoms with Crippen molar-refractivity contribution in [3.63, 3.8) is 0 Å². The van der Waals surface area contributed by atoms with Crippen molar-refractivity contribution in [3.05, 3.63) is 54.3 Å². The minimum Gasteiger partial charge on any atom is -0.375 e. The van der Waals surface area contributed by atoms with Crippen LogP contribution in [0.3, 0.4) is 0 Å². The van der Waals surface area contributed by atoms with E-state index in [1.54, 1.807) is 5.06 Å². The highest BCUT2D eigenvalue weighted by Gasteiger charge is 2.28. The molecule has 6 heteroatoms. The molecule has 0 saturated carbocycles. The summed E-state index contributed by atoms with van der Waals surface area (Å²) in [7, 11) is 3.71.